The number of Topliss-reactive ketones (excluding diaryl/α,β-unsaturated/α-hetero) is 1. The van der Waals surface area contributed by atoms with Gasteiger partial charge in [-0.1, -0.05) is 42.5 Å². The highest BCUT2D eigenvalue weighted by Gasteiger charge is 2.15. The SMILES string of the molecule is CC(=O)c1ccc(S(=O)(=O)NCCC(O)c2ccccc2)cc1. The third-order valence-electron chi connectivity index (χ3n) is 3.47. The Morgan fingerprint density at radius 3 is 2.26 bits per heavy atom. The van der Waals surface area contributed by atoms with Crippen LogP contribution in [0.3, 0.4) is 0 Å². The lowest BCUT2D eigenvalue weighted by Crippen LogP contribution is -2.26. The molecule has 23 heavy (non-hydrogen) atoms. The van der Waals surface area contributed by atoms with Crippen molar-refractivity contribution >= 4 is 15.8 Å². The van der Waals surface area contributed by atoms with Gasteiger partial charge in [0.05, 0.1) is 11.0 Å². The summed E-state index contributed by atoms with van der Waals surface area (Å²) in [4.78, 5) is 11.3. The molecule has 0 aliphatic carbocycles. The molecule has 0 radical (unpaired) electrons. The lowest BCUT2D eigenvalue weighted by Gasteiger charge is -2.12. The number of hydrogen-bond donors (Lipinski definition) is 2. The van der Waals surface area contributed by atoms with Gasteiger partial charge in [-0.2, -0.15) is 0 Å². The molecule has 0 fully saturated rings. The Balaban J connectivity index is 1.95. The van der Waals surface area contributed by atoms with Gasteiger partial charge in [-0.3, -0.25) is 4.79 Å². The van der Waals surface area contributed by atoms with Crippen molar-refractivity contribution in [3.05, 3.63) is 65.7 Å². The van der Waals surface area contributed by atoms with Crippen LogP contribution >= 0.6 is 0 Å². The number of carbonyl (C=O) groups is 1. The highest BCUT2D eigenvalue weighted by Crippen LogP contribution is 2.16. The summed E-state index contributed by atoms with van der Waals surface area (Å²) in [7, 11) is -3.65. The molecule has 2 rings (SSSR count). The van der Waals surface area contributed by atoms with Crippen molar-refractivity contribution in [3.63, 3.8) is 0 Å². The van der Waals surface area contributed by atoms with Crippen molar-refractivity contribution in [2.45, 2.75) is 24.3 Å². The number of aliphatic hydroxyl groups excluding tert-OH is 1. The lowest BCUT2D eigenvalue weighted by atomic mass is 10.1. The lowest BCUT2D eigenvalue weighted by molar-refractivity contribution is 0.101. The summed E-state index contributed by atoms with van der Waals surface area (Å²) in [6, 6.07) is 14.8. The van der Waals surface area contributed by atoms with Crippen LogP contribution in [-0.4, -0.2) is 25.9 Å². The summed E-state index contributed by atoms with van der Waals surface area (Å²) in [5.41, 5.74) is 1.21. The zero-order valence-electron chi connectivity index (χ0n) is 12.8. The molecule has 0 heterocycles. The first-order chi connectivity index (χ1) is 10.9. The van der Waals surface area contributed by atoms with Gasteiger partial charge in [0.15, 0.2) is 5.78 Å². The first kappa shape index (κ1) is 17.3. The van der Waals surface area contributed by atoms with Gasteiger partial charge in [-0.15, -0.1) is 0 Å². The van der Waals surface area contributed by atoms with E-state index in [-0.39, 0.29) is 23.6 Å². The van der Waals surface area contributed by atoms with E-state index < -0.39 is 16.1 Å². The molecule has 0 aliphatic rings. The van der Waals surface area contributed by atoms with Gasteiger partial charge in [0.2, 0.25) is 10.0 Å². The Hall–Kier alpha value is -2.02. The minimum atomic E-state index is -3.65. The van der Waals surface area contributed by atoms with Crippen LogP contribution in [0.1, 0.15) is 35.4 Å². The molecule has 0 saturated heterocycles. The normalized spacial score (nSPS) is 12.8. The van der Waals surface area contributed by atoms with E-state index in [4.69, 9.17) is 0 Å². The van der Waals surface area contributed by atoms with Gasteiger partial charge >= 0.3 is 0 Å². The van der Waals surface area contributed by atoms with E-state index in [0.29, 0.717) is 5.56 Å². The van der Waals surface area contributed by atoms with E-state index in [1.807, 2.05) is 18.2 Å². The van der Waals surface area contributed by atoms with E-state index in [0.717, 1.165) is 5.56 Å². The summed E-state index contributed by atoms with van der Waals surface area (Å²) in [5.74, 6) is -0.118. The Labute approximate surface area is 136 Å². The van der Waals surface area contributed by atoms with Crippen molar-refractivity contribution in [2.75, 3.05) is 6.54 Å². The second-order valence-corrected chi connectivity index (χ2v) is 6.96. The van der Waals surface area contributed by atoms with Crippen molar-refractivity contribution in [3.8, 4) is 0 Å². The highest BCUT2D eigenvalue weighted by molar-refractivity contribution is 7.89. The summed E-state index contributed by atoms with van der Waals surface area (Å²) in [5, 5.41) is 10.0. The average molecular weight is 333 g/mol. The predicted molar refractivity (Wildman–Crippen MR) is 87.7 cm³/mol. The molecule has 0 aliphatic heterocycles. The monoisotopic (exact) mass is 333 g/mol. The quantitative estimate of drug-likeness (QED) is 0.762. The molecule has 2 aromatic rings. The minimum Gasteiger partial charge on any atom is -0.388 e. The van der Waals surface area contributed by atoms with Crippen LogP contribution in [0.5, 0.6) is 0 Å². The van der Waals surface area contributed by atoms with E-state index in [1.54, 1.807) is 12.1 Å². The third kappa shape index (κ3) is 4.72. The Morgan fingerprint density at radius 1 is 1.09 bits per heavy atom. The van der Waals surface area contributed by atoms with Crippen LogP contribution in [0.15, 0.2) is 59.5 Å². The number of ketones is 1. The van der Waals surface area contributed by atoms with Gasteiger partial charge in [-0.25, -0.2) is 13.1 Å². The topological polar surface area (TPSA) is 83.5 Å². The van der Waals surface area contributed by atoms with E-state index in [9.17, 15) is 18.3 Å². The number of carbonyl (C=O) groups excluding carboxylic acids is 1. The Morgan fingerprint density at radius 2 is 1.70 bits per heavy atom. The molecule has 0 saturated carbocycles. The summed E-state index contributed by atoms with van der Waals surface area (Å²) in [6.07, 6.45) is -0.451. The van der Waals surface area contributed by atoms with Crippen molar-refractivity contribution < 1.29 is 18.3 Å². The second kappa shape index (κ2) is 7.50. The molecule has 6 heteroatoms. The molecule has 5 nitrogen and oxygen atoms in total. The molecule has 1 atom stereocenters. The largest absolute Gasteiger partial charge is 0.388 e. The smallest absolute Gasteiger partial charge is 0.240 e. The van der Waals surface area contributed by atoms with Crippen LogP contribution in [0.2, 0.25) is 0 Å². The fraction of sp³-hybridized carbons (Fsp3) is 0.235. The molecular weight excluding hydrogens is 314 g/mol. The van der Waals surface area contributed by atoms with Crippen LogP contribution in [-0.2, 0) is 10.0 Å². The molecule has 0 bridgehead atoms. The Bertz CT molecular complexity index is 755. The second-order valence-electron chi connectivity index (χ2n) is 5.19. The minimum absolute atomic E-state index is 0.0942. The van der Waals surface area contributed by atoms with E-state index in [2.05, 4.69) is 4.72 Å². The zero-order chi connectivity index (χ0) is 16.9. The van der Waals surface area contributed by atoms with Crippen LogP contribution in [0, 0.1) is 0 Å². The van der Waals surface area contributed by atoms with E-state index in [1.165, 1.54) is 31.2 Å². The van der Waals surface area contributed by atoms with Crippen LogP contribution < -0.4 is 4.72 Å². The van der Waals surface area contributed by atoms with Gasteiger partial charge in [0.25, 0.3) is 0 Å². The van der Waals surface area contributed by atoms with Gasteiger partial charge < -0.3 is 5.11 Å². The number of nitrogens with one attached hydrogen (secondary N) is 1. The molecule has 2 aromatic carbocycles. The number of hydrogen-bond acceptors (Lipinski definition) is 4. The summed E-state index contributed by atoms with van der Waals surface area (Å²) in [6.45, 7) is 1.54. The van der Waals surface area contributed by atoms with Crippen molar-refractivity contribution in [2.24, 2.45) is 0 Å². The number of benzene rings is 2. The van der Waals surface area contributed by atoms with E-state index >= 15 is 0 Å². The maximum atomic E-state index is 12.2. The highest BCUT2D eigenvalue weighted by atomic mass is 32.2. The number of aliphatic hydroxyl groups is 1. The number of sulfonamides is 1. The molecule has 122 valence electrons. The van der Waals surface area contributed by atoms with Crippen LogP contribution in [0.4, 0.5) is 0 Å². The maximum Gasteiger partial charge on any atom is 0.240 e. The standard InChI is InChI=1S/C17H19NO4S/c1-13(19)14-7-9-16(10-8-14)23(21,22)18-12-11-17(20)15-5-3-2-4-6-15/h2-10,17-18,20H,11-12H2,1H3. The maximum absolute atomic E-state index is 12.2. The van der Waals surface area contributed by atoms with Gasteiger partial charge in [0, 0.05) is 12.1 Å². The van der Waals surface area contributed by atoms with Crippen LogP contribution in [0.25, 0.3) is 0 Å². The molecule has 0 spiro atoms. The van der Waals surface area contributed by atoms with Gasteiger partial charge in [-0.05, 0) is 31.0 Å². The average Bonchev–Trinajstić information content (AvgIpc) is 2.55. The van der Waals surface area contributed by atoms with Crippen molar-refractivity contribution in [1.82, 2.24) is 4.72 Å². The van der Waals surface area contributed by atoms with Gasteiger partial charge in [0.1, 0.15) is 0 Å². The van der Waals surface area contributed by atoms with Crippen molar-refractivity contribution in [1.29, 1.82) is 0 Å². The fourth-order valence-corrected chi connectivity index (χ4v) is 3.17. The number of rotatable bonds is 7. The summed E-state index contributed by atoms with van der Waals surface area (Å²) >= 11 is 0. The predicted octanol–water partition coefficient (Wildman–Crippen LogP) is 2.29. The molecule has 1 unspecified atom stereocenters. The fourth-order valence-electron chi connectivity index (χ4n) is 2.12. The third-order valence-corrected chi connectivity index (χ3v) is 4.94. The first-order valence-corrected chi connectivity index (χ1v) is 8.72. The molecule has 0 aromatic heterocycles. The first-order valence-electron chi connectivity index (χ1n) is 7.24. The molecule has 2 N–H and O–H groups in total. The summed E-state index contributed by atoms with van der Waals surface area (Å²) < 4.78 is 26.8. The zero-order valence-corrected chi connectivity index (χ0v) is 13.6. The molecular formula is C17H19NO4S. The molecule has 0 amide bonds. The Kier molecular flexibility index (Phi) is 5.65.